The van der Waals surface area contributed by atoms with Crippen molar-refractivity contribution in [2.45, 2.75) is 56.2 Å². The zero-order chi connectivity index (χ0) is 21.1. The third-order valence-electron chi connectivity index (χ3n) is 6.20. The van der Waals surface area contributed by atoms with Crippen molar-refractivity contribution in [2.24, 2.45) is 7.05 Å². The number of benzene rings is 1. The first-order chi connectivity index (χ1) is 14.4. The number of hydrogen-bond donors (Lipinski definition) is 1. The summed E-state index contributed by atoms with van der Waals surface area (Å²) in [5.41, 5.74) is 1.41. The Morgan fingerprint density at radius 1 is 1.13 bits per heavy atom. The summed E-state index contributed by atoms with van der Waals surface area (Å²) in [4.78, 5) is 6.43. The standard InChI is InChI=1S/C21H31N5O3S/c1-25-15-22-21(23-25)26-13-12-19(24-30(2,27)28)20(26)14-29-18-10-8-17(9-11-18)16-6-4-3-5-7-16/h3-7,15,17-20,24H,8-14H2,1-2H3/t17?,18?,19-,20-/m0/s1. The van der Waals surface area contributed by atoms with E-state index < -0.39 is 10.0 Å². The lowest BCUT2D eigenvalue weighted by atomic mass is 9.83. The number of rotatable bonds is 7. The van der Waals surface area contributed by atoms with Gasteiger partial charge < -0.3 is 9.64 Å². The van der Waals surface area contributed by atoms with Crippen LogP contribution in [-0.4, -0.2) is 60.8 Å². The van der Waals surface area contributed by atoms with Gasteiger partial charge in [0.15, 0.2) is 0 Å². The molecule has 2 aliphatic rings. The maximum absolute atomic E-state index is 11.9. The molecule has 0 amide bonds. The van der Waals surface area contributed by atoms with Crippen LogP contribution in [0.3, 0.4) is 0 Å². The second kappa shape index (κ2) is 9.03. The van der Waals surface area contributed by atoms with Crippen molar-refractivity contribution in [3.63, 3.8) is 0 Å². The second-order valence-electron chi connectivity index (χ2n) is 8.48. The molecule has 0 unspecified atom stereocenters. The van der Waals surface area contributed by atoms with E-state index >= 15 is 0 Å². The molecule has 0 spiro atoms. The number of aryl methyl sites for hydroxylation is 1. The Hall–Kier alpha value is -1.97. The van der Waals surface area contributed by atoms with Crippen LogP contribution in [0.4, 0.5) is 5.95 Å². The SMILES string of the molecule is Cn1cnc(N2CC[C@H](NS(C)(=O)=O)[C@@H]2COC2CCC(c3ccccc3)CC2)n1. The van der Waals surface area contributed by atoms with Crippen molar-refractivity contribution in [3.8, 4) is 0 Å². The molecule has 1 aliphatic carbocycles. The van der Waals surface area contributed by atoms with E-state index in [2.05, 4.69) is 50.0 Å². The Morgan fingerprint density at radius 2 is 1.87 bits per heavy atom. The molecule has 2 atom stereocenters. The van der Waals surface area contributed by atoms with Crippen LogP contribution in [-0.2, 0) is 21.8 Å². The van der Waals surface area contributed by atoms with Crippen LogP contribution < -0.4 is 9.62 Å². The Morgan fingerprint density at radius 3 is 2.50 bits per heavy atom. The van der Waals surface area contributed by atoms with Gasteiger partial charge >= 0.3 is 0 Å². The summed E-state index contributed by atoms with van der Waals surface area (Å²) < 4.78 is 34.5. The minimum Gasteiger partial charge on any atom is -0.376 e. The molecule has 1 saturated heterocycles. The Balaban J connectivity index is 1.37. The summed E-state index contributed by atoms with van der Waals surface area (Å²) in [5.74, 6) is 1.23. The molecule has 1 aliphatic heterocycles. The fourth-order valence-corrected chi connectivity index (χ4v) is 5.53. The first kappa shape index (κ1) is 21.3. The van der Waals surface area contributed by atoms with Gasteiger partial charge in [0.2, 0.25) is 16.0 Å². The highest BCUT2D eigenvalue weighted by atomic mass is 32.2. The summed E-state index contributed by atoms with van der Waals surface area (Å²) in [6, 6.07) is 10.4. The highest BCUT2D eigenvalue weighted by Crippen LogP contribution is 2.34. The molecular weight excluding hydrogens is 402 g/mol. The van der Waals surface area contributed by atoms with Gasteiger partial charge in [0, 0.05) is 19.6 Å². The molecular formula is C21H31N5O3S. The molecule has 8 nitrogen and oxygen atoms in total. The average molecular weight is 434 g/mol. The maximum Gasteiger partial charge on any atom is 0.245 e. The van der Waals surface area contributed by atoms with Crippen LogP contribution >= 0.6 is 0 Å². The van der Waals surface area contributed by atoms with E-state index in [4.69, 9.17) is 4.74 Å². The highest BCUT2D eigenvalue weighted by molar-refractivity contribution is 7.88. The predicted molar refractivity (Wildman–Crippen MR) is 116 cm³/mol. The number of anilines is 1. The van der Waals surface area contributed by atoms with Crippen molar-refractivity contribution in [1.29, 1.82) is 0 Å². The second-order valence-corrected chi connectivity index (χ2v) is 10.3. The van der Waals surface area contributed by atoms with Crippen LogP contribution in [0, 0.1) is 0 Å². The van der Waals surface area contributed by atoms with Gasteiger partial charge in [-0.25, -0.2) is 18.1 Å². The third kappa shape index (κ3) is 5.19. The fourth-order valence-electron chi connectivity index (χ4n) is 4.70. The monoisotopic (exact) mass is 433 g/mol. The van der Waals surface area contributed by atoms with E-state index in [-0.39, 0.29) is 18.2 Å². The van der Waals surface area contributed by atoms with E-state index in [1.54, 1.807) is 11.0 Å². The Labute approximate surface area is 178 Å². The largest absolute Gasteiger partial charge is 0.376 e. The molecule has 0 radical (unpaired) electrons. The normalized spacial score (nSPS) is 27.5. The summed E-state index contributed by atoms with van der Waals surface area (Å²) >= 11 is 0. The van der Waals surface area contributed by atoms with Gasteiger partial charge in [-0.15, -0.1) is 5.10 Å². The molecule has 164 valence electrons. The Kier molecular flexibility index (Phi) is 6.40. The van der Waals surface area contributed by atoms with E-state index in [0.29, 0.717) is 31.4 Å². The Bertz CT molecular complexity index is 925. The third-order valence-corrected chi connectivity index (χ3v) is 6.93. The molecule has 2 aromatic rings. The van der Waals surface area contributed by atoms with Crippen molar-refractivity contribution in [3.05, 3.63) is 42.2 Å². The van der Waals surface area contributed by atoms with Crippen LogP contribution in [0.1, 0.15) is 43.6 Å². The van der Waals surface area contributed by atoms with Crippen molar-refractivity contribution in [1.82, 2.24) is 19.5 Å². The molecule has 4 rings (SSSR count). The quantitative estimate of drug-likeness (QED) is 0.719. The summed E-state index contributed by atoms with van der Waals surface area (Å²) in [7, 11) is -1.47. The first-order valence-corrected chi connectivity index (χ1v) is 12.5. The molecule has 1 N–H and O–H groups in total. The first-order valence-electron chi connectivity index (χ1n) is 10.6. The predicted octanol–water partition coefficient (Wildman–Crippen LogP) is 2.05. The van der Waals surface area contributed by atoms with Crippen molar-refractivity contribution in [2.75, 3.05) is 24.3 Å². The van der Waals surface area contributed by atoms with Crippen LogP contribution in [0.2, 0.25) is 0 Å². The molecule has 0 bridgehead atoms. The van der Waals surface area contributed by atoms with Crippen molar-refractivity contribution < 1.29 is 13.2 Å². The summed E-state index contributed by atoms with van der Waals surface area (Å²) in [5, 5.41) is 4.41. The van der Waals surface area contributed by atoms with Gasteiger partial charge in [-0.05, 0) is 43.6 Å². The molecule has 2 fully saturated rings. The topological polar surface area (TPSA) is 89.4 Å². The lowest BCUT2D eigenvalue weighted by molar-refractivity contribution is 0.0155. The van der Waals surface area contributed by atoms with Gasteiger partial charge in [-0.2, -0.15) is 0 Å². The fraction of sp³-hybridized carbons (Fsp3) is 0.619. The van der Waals surface area contributed by atoms with Gasteiger partial charge in [0.1, 0.15) is 6.33 Å². The molecule has 1 aromatic heterocycles. The zero-order valence-electron chi connectivity index (χ0n) is 17.6. The molecule has 2 heterocycles. The lowest BCUT2D eigenvalue weighted by Crippen LogP contribution is -2.48. The van der Waals surface area contributed by atoms with Gasteiger partial charge in [-0.3, -0.25) is 4.68 Å². The van der Waals surface area contributed by atoms with E-state index in [0.717, 1.165) is 25.7 Å². The number of nitrogens with zero attached hydrogens (tertiary/aromatic N) is 4. The maximum atomic E-state index is 11.9. The van der Waals surface area contributed by atoms with Gasteiger partial charge in [-0.1, -0.05) is 30.3 Å². The lowest BCUT2D eigenvalue weighted by Gasteiger charge is -2.32. The van der Waals surface area contributed by atoms with E-state index in [1.807, 2.05) is 7.05 Å². The smallest absolute Gasteiger partial charge is 0.245 e. The number of ether oxygens (including phenoxy) is 1. The zero-order valence-corrected chi connectivity index (χ0v) is 18.5. The van der Waals surface area contributed by atoms with E-state index in [9.17, 15) is 8.42 Å². The minimum absolute atomic E-state index is 0.117. The highest BCUT2D eigenvalue weighted by Gasteiger charge is 2.38. The number of aromatic nitrogens is 3. The molecule has 9 heteroatoms. The van der Waals surface area contributed by atoms with Gasteiger partial charge in [0.05, 0.1) is 25.0 Å². The number of nitrogens with one attached hydrogen (secondary N) is 1. The average Bonchev–Trinajstić information content (AvgIpc) is 3.32. The van der Waals surface area contributed by atoms with Crippen LogP contribution in [0.5, 0.6) is 0 Å². The molecule has 30 heavy (non-hydrogen) atoms. The summed E-state index contributed by atoms with van der Waals surface area (Å²) in [6.07, 6.45) is 8.08. The number of hydrogen-bond acceptors (Lipinski definition) is 6. The van der Waals surface area contributed by atoms with Crippen LogP contribution in [0.25, 0.3) is 0 Å². The van der Waals surface area contributed by atoms with Crippen LogP contribution in [0.15, 0.2) is 36.7 Å². The molecule has 1 aromatic carbocycles. The number of sulfonamides is 1. The molecule has 1 saturated carbocycles. The summed E-state index contributed by atoms with van der Waals surface area (Å²) in [6.45, 7) is 1.16. The van der Waals surface area contributed by atoms with Gasteiger partial charge in [0.25, 0.3) is 0 Å². The van der Waals surface area contributed by atoms with E-state index in [1.165, 1.54) is 11.8 Å². The van der Waals surface area contributed by atoms with Crippen molar-refractivity contribution >= 4 is 16.0 Å². The minimum atomic E-state index is -3.30.